The van der Waals surface area contributed by atoms with Crippen LogP contribution in [0, 0.1) is 0 Å². The normalized spacial score (nSPS) is 19.0. The Kier molecular flexibility index (Phi) is 4.26. The molecule has 114 valence electrons. The zero-order chi connectivity index (χ0) is 14.8. The van der Waals surface area contributed by atoms with E-state index in [2.05, 4.69) is 22.1 Å². The Morgan fingerprint density at radius 1 is 1.48 bits per heavy atom. The molecule has 0 saturated heterocycles. The fraction of sp³-hybridized carbons (Fsp3) is 0.600. The monoisotopic (exact) mass is 307 g/mol. The summed E-state index contributed by atoms with van der Waals surface area (Å²) < 4.78 is 0. The molecule has 1 fully saturated rings. The van der Waals surface area contributed by atoms with Gasteiger partial charge >= 0.3 is 0 Å². The second kappa shape index (κ2) is 6.15. The predicted molar refractivity (Wildman–Crippen MR) is 82.1 cm³/mol. The lowest BCUT2D eigenvalue weighted by molar-refractivity contribution is -0.131. The minimum absolute atomic E-state index is 0.0101. The number of carbonyl (C=O) groups is 2. The molecule has 2 heterocycles. The molecule has 1 saturated carbocycles. The quantitative estimate of drug-likeness (QED) is 0.849. The van der Waals surface area contributed by atoms with Crippen LogP contribution >= 0.6 is 11.3 Å². The lowest BCUT2D eigenvalue weighted by atomic mass is 10.1. The van der Waals surface area contributed by atoms with Crippen molar-refractivity contribution in [3.05, 3.63) is 21.9 Å². The number of thiophene rings is 1. The van der Waals surface area contributed by atoms with Gasteiger partial charge in [0.1, 0.15) is 0 Å². The molecule has 2 N–H and O–H groups in total. The van der Waals surface area contributed by atoms with Gasteiger partial charge in [0.25, 0.3) is 0 Å². The second-order valence-corrected chi connectivity index (χ2v) is 6.82. The van der Waals surface area contributed by atoms with Crippen LogP contribution < -0.4 is 10.6 Å². The first kappa shape index (κ1) is 14.5. The number of hydrogen-bond donors (Lipinski definition) is 2. The van der Waals surface area contributed by atoms with Crippen LogP contribution in [0.4, 0.5) is 0 Å². The highest BCUT2D eigenvalue weighted by molar-refractivity contribution is 7.10. The molecule has 2 amide bonds. The number of nitrogens with zero attached hydrogens (tertiary/aromatic N) is 1. The highest BCUT2D eigenvalue weighted by Crippen LogP contribution is 2.23. The maximum absolute atomic E-state index is 12.2. The van der Waals surface area contributed by atoms with Gasteiger partial charge in [0.15, 0.2) is 0 Å². The van der Waals surface area contributed by atoms with Crippen LogP contribution in [-0.4, -0.2) is 41.9 Å². The number of fused-ring (bicyclic) bond motifs is 1. The van der Waals surface area contributed by atoms with E-state index < -0.39 is 0 Å². The Hall–Kier alpha value is -1.40. The fourth-order valence-corrected chi connectivity index (χ4v) is 3.35. The van der Waals surface area contributed by atoms with Crippen molar-refractivity contribution in [1.29, 1.82) is 0 Å². The van der Waals surface area contributed by atoms with Crippen LogP contribution in [0.25, 0.3) is 0 Å². The molecule has 0 bridgehead atoms. The Bertz CT molecular complexity index is 539. The van der Waals surface area contributed by atoms with Crippen molar-refractivity contribution in [3.63, 3.8) is 0 Å². The first-order valence-corrected chi connectivity index (χ1v) is 8.38. The van der Waals surface area contributed by atoms with Gasteiger partial charge in [-0.15, -0.1) is 11.3 Å². The van der Waals surface area contributed by atoms with Crippen molar-refractivity contribution >= 4 is 23.2 Å². The SMILES string of the molecule is CC(NCC(=O)N1CCc2sccc2C1)C(=O)NC1CC1. The Morgan fingerprint density at radius 3 is 3.05 bits per heavy atom. The number of carbonyl (C=O) groups excluding carboxylic acids is 2. The van der Waals surface area contributed by atoms with Crippen LogP contribution in [0.2, 0.25) is 0 Å². The molecule has 1 unspecified atom stereocenters. The first-order chi connectivity index (χ1) is 10.1. The molecule has 1 aliphatic carbocycles. The molecule has 0 aromatic carbocycles. The van der Waals surface area contributed by atoms with E-state index in [1.165, 1.54) is 10.4 Å². The van der Waals surface area contributed by atoms with Crippen LogP contribution in [-0.2, 0) is 22.6 Å². The third kappa shape index (κ3) is 3.63. The van der Waals surface area contributed by atoms with Crippen molar-refractivity contribution in [2.45, 2.75) is 44.8 Å². The minimum atomic E-state index is -0.323. The van der Waals surface area contributed by atoms with Crippen LogP contribution in [0.3, 0.4) is 0 Å². The van der Waals surface area contributed by atoms with Gasteiger partial charge in [-0.3, -0.25) is 14.9 Å². The summed E-state index contributed by atoms with van der Waals surface area (Å²) in [5.74, 6) is 0.0574. The third-order valence-electron chi connectivity index (χ3n) is 4.04. The average Bonchev–Trinajstić information content (AvgIpc) is 3.17. The van der Waals surface area contributed by atoms with Gasteiger partial charge in [0, 0.05) is 24.0 Å². The Labute approximate surface area is 128 Å². The summed E-state index contributed by atoms with van der Waals surface area (Å²) in [5.41, 5.74) is 1.26. The number of amides is 2. The molecule has 5 nitrogen and oxygen atoms in total. The van der Waals surface area contributed by atoms with Crippen molar-refractivity contribution in [3.8, 4) is 0 Å². The zero-order valence-electron chi connectivity index (χ0n) is 12.2. The van der Waals surface area contributed by atoms with E-state index in [9.17, 15) is 9.59 Å². The molecule has 1 aliphatic heterocycles. The van der Waals surface area contributed by atoms with Crippen molar-refractivity contribution in [2.24, 2.45) is 0 Å². The molecular formula is C15H21N3O2S. The minimum Gasteiger partial charge on any atom is -0.352 e. The third-order valence-corrected chi connectivity index (χ3v) is 5.06. The fourth-order valence-electron chi connectivity index (χ4n) is 2.46. The molecule has 3 rings (SSSR count). The summed E-state index contributed by atoms with van der Waals surface area (Å²) in [7, 11) is 0. The van der Waals surface area contributed by atoms with Gasteiger partial charge in [-0.1, -0.05) is 0 Å². The summed E-state index contributed by atoms with van der Waals surface area (Å²) in [5, 5.41) is 8.06. The highest BCUT2D eigenvalue weighted by Gasteiger charge is 2.26. The van der Waals surface area contributed by atoms with Gasteiger partial charge in [-0.2, -0.15) is 0 Å². The van der Waals surface area contributed by atoms with Crippen LogP contribution in [0.5, 0.6) is 0 Å². The van der Waals surface area contributed by atoms with E-state index in [-0.39, 0.29) is 24.4 Å². The standard InChI is InChI=1S/C15H21N3O2S/c1-10(15(20)17-12-2-3-12)16-8-14(19)18-6-4-13-11(9-18)5-7-21-13/h5,7,10,12,16H,2-4,6,8-9H2,1H3,(H,17,20). The van der Waals surface area contributed by atoms with Crippen molar-refractivity contribution in [2.75, 3.05) is 13.1 Å². The number of nitrogens with one attached hydrogen (secondary N) is 2. The summed E-state index contributed by atoms with van der Waals surface area (Å²) in [4.78, 5) is 27.3. The zero-order valence-corrected chi connectivity index (χ0v) is 13.0. The summed E-state index contributed by atoms with van der Waals surface area (Å²) in [6, 6.07) is 2.13. The maximum Gasteiger partial charge on any atom is 0.237 e. The Balaban J connectivity index is 1.45. The van der Waals surface area contributed by atoms with Crippen molar-refractivity contribution < 1.29 is 9.59 Å². The van der Waals surface area contributed by atoms with E-state index in [1.807, 2.05) is 4.90 Å². The molecule has 1 aromatic rings. The topological polar surface area (TPSA) is 61.4 Å². The van der Waals surface area contributed by atoms with E-state index in [0.717, 1.165) is 25.8 Å². The predicted octanol–water partition coefficient (Wildman–Crippen LogP) is 0.889. The number of rotatable bonds is 5. The van der Waals surface area contributed by atoms with Crippen LogP contribution in [0.15, 0.2) is 11.4 Å². The molecule has 0 spiro atoms. The summed E-state index contributed by atoms with van der Waals surface area (Å²) in [6.45, 7) is 3.50. The largest absolute Gasteiger partial charge is 0.352 e. The first-order valence-electron chi connectivity index (χ1n) is 7.50. The molecule has 21 heavy (non-hydrogen) atoms. The molecule has 0 radical (unpaired) electrons. The van der Waals surface area contributed by atoms with Gasteiger partial charge in [0.05, 0.1) is 12.6 Å². The lowest BCUT2D eigenvalue weighted by Crippen LogP contribution is -2.48. The van der Waals surface area contributed by atoms with E-state index >= 15 is 0 Å². The molecule has 1 aromatic heterocycles. The van der Waals surface area contributed by atoms with E-state index in [4.69, 9.17) is 0 Å². The Morgan fingerprint density at radius 2 is 2.29 bits per heavy atom. The highest BCUT2D eigenvalue weighted by atomic mass is 32.1. The molecule has 6 heteroatoms. The van der Waals surface area contributed by atoms with E-state index in [0.29, 0.717) is 12.6 Å². The molecule has 2 aliphatic rings. The molecular weight excluding hydrogens is 286 g/mol. The average molecular weight is 307 g/mol. The second-order valence-electron chi connectivity index (χ2n) is 5.82. The van der Waals surface area contributed by atoms with Gasteiger partial charge < -0.3 is 10.2 Å². The van der Waals surface area contributed by atoms with Gasteiger partial charge in [-0.25, -0.2) is 0 Å². The summed E-state index contributed by atoms with van der Waals surface area (Å²) >= 11 is 1.77. The summed E-state index contributed by atoms with van der Waals surface area (Å²) in [6.07, 6.45) is 3.10. The van der Waals surface area contributed by atoms with Gasteiger partial charge in [-0.05, 0) is 43.2 Å². The smallest absolute Gasteiger partial charge is 0.237 e. The maximum atomic E-state index is 12.2. The van der Waals surface area contributed by atoms with E-state index in [1.54, 1.807) is 18.3 Å². The lowest BCUT2D eigenvalue weighted by Gasteiger charge is -2.27. The van der Waals surface area contributed by atoms with Gasteiger partial charge in [0.2, 0.25) is 11.8 Å². The van der Waals surface area contributed by atoms with Crippen LogP contribution in [0.1, 0.15) is 30.2 Å². The number of hydrogen-bond acceptors (Lipinski definition) is 4. The molecule has 1 atom stereocenters. The van der Waals surface area contributed by atoms with Crippen molar-refractivity contribution in [1.82, 2.24) is 15.5 Å².